The second-order valence-electron chi connectivity index (χ2n) is 16.4. The lowest BCUT2D eigenvalue weighted by Gasteiger charge is -2.55. The maximum Gasteiger partial charge on any atom is 0.248 e. The topological polar surface area (TPSA) is 130 Å². The Bertz CT molecular complexity index is 1410. The maximum atomic E-state index is 11.7. The predicted molar refractivity (Wildman–Crippen MR) is 214 cm³/mol. The number of hydrogen-bond donors (Lipinski definition) is 2. The molecule has 6 aliphatic rings. The highest BCUT2D eigenvalue weighted by molar-refractivity contribution is 5.93. The van der Waals surface area contributed by atoms with Gasteiger partial charge >= 0.3 is 0 Å². The standard InChI is InChI=1S/2C21H30N2O3.2ClH/c2*1-25-21(17-5-2-4-16(10-17)20(22)24)18-6-3-7-19(21)13-23(12-18)11-15-8-9-26-14-15;;/h2*2,4-5,10,15,18-19H,3,6-9,11-14H2,1H3,(H2,22,24);2*1H/t15-,18?,19?,21?;;;/m0.../s1. The van der Waals surface area contributed by atoms with Crippen LogP contribution in [0.4, 0.5) is 0 Å². The van der Waals surface area contributed by atoms with E-state index in [1.54, 1.807) is 12.1 Å². The molecule has 0 spiro atoms. The number of ether oxygens (including phenoxy) is 4. The molecule has 4 aliphatic heterocycles. The average Bonchev–Trinajstić information content (AvgIpc) is 3.86. The highest BCUT2D eigenvalue weighted by atomic mass is 35.5. The minimum absolute atomic E-state index is 0. The molecule has 2 aromatic rings. The lowest BCUT2D eigenvalue weighted by atomic mass is 9.62. The highest BCUT2D eigenvalue weighted by Crippen LogP contribution is 2.53. The van der Waals surface area contributed by atoms with Crippen LogP contribution in [0.3, 0.4) is 0 Å². The number of primary amides is 2. The molecule has 8 rings (SSSR count). The normalized spacial score (nSPS) is 33.4. The minimum Gasteiger partial charge on any atom is -0.381 e. The molecule has 10 nitrogen and oxygen atoms in total. The third kappa shape index (κ3) is 8.52. The molecular weight excluding hydrogens is 727 g/mol. The molecule has 2 aliphatic carbocycles. The Morgan fingerprint density at radius 1 is 0.648 bits per heavy atom. The monoisotopic (exact) mass is 788 g/mol. The van der Waals surface area contributed by atoms with Gasteiger partial charge in [0.05, 0.1) is 13.2 Å². The number of piperidine rings is 2. The molecule has 2 aromatic carbocycles. The van der Waals surface area contributed by atoms with E-state index in [0.29, 0.717) is 46.6 Å². The number of nitrogens with zero attached hydrogens (tertiary/aromatic N) is 2. The number of nitrogens with two attached hydrogens (primary N) is 2. The van der Waals surface area contributed by atoms with E-state index in [-0.39, 0.29) is 47.8 Å². The van der Waals surface area contributed by atoms with Gasteiger partial charge in [-0.1, -0.05) is 37.1 Å². The molecule has 300 valence electrons. The third-order valence-electron chi connectivity index (χ3n) is 13.5. The zero-order chi connectivity index (χ0) is 36.3. The first-order valence-corrected chi connectivity index (χ1v) is 19.8. The molecule has 4 N–H and O–H groups in total. The lowest BCUT2D eigenvalue weighted by Crippen LogP contribution is -2.59. The summed E-state index contributed by atoms with van der Waals surface area (Å²) in [6.07, 6.45) is 9.56. The fraction of sp³-hybridized carbons (Fsp3) is 0.667. The number of amides is 2. The van der Waals surface area contributed by atoms with Crippen LogP contribution in [0.25, 0.3) is 0 Å². The third-order valence-corrected chi connectivity index (χ3v) is 13.5. The van der Waals surface area contributed by atoms with Crippen molar-refractivity contribution in [2.24, 2.45) is 47.0 Å². The lowest BCUT2D eigenvalue weighted by molar-refractivity contribution is -0.170. The fourth-order valence-electron chi connectivity index (χ4n) is 11.2. The van der Waals surface area contributed by atoms with E-state index in [1.165, 1.54) is 51.4 Å². The quantitative estimate of drug-likeness (QED) is 0.317. The van der Waals surface area contributed by atoms with Gasteiger partial charge in [-0.05, 0) is 85.8 Å². The van der Waals surface area contributed by atoms with Crippen LogP contribution in [0.2, 0.25) is 0 Å². The molecule has 0 radical (unpaired) electrons. The molecule has 6 fully saturated rings. The van der Waals surface area contributed by atoms with Crippen molar-refractivity contribution >= 4 is 36.6 Å². The van der Waals surface area contributed by atoms with E-state index in [1.807, 2.05) is 38.5 Å². The van der Waals surface area contributed by atoms with Crippen LogP contribution in [0, 0.1) is 35.5 Å². The summed E-state index contributed by atoms with van der Waals surface area (Å²) in [6, 6.07) is 15.6. The molecular formula is C42H62Cl2N4O6. The summed E-state index contributed by atoms with van der Waals surface area (Å²) in [5, 5.41) is 0. The van der Waals surface area contributed by atoms with Crippen LogP contribution < -0.4 is 11.5 Å². The average molecular weight is 790 g/mol. The van der Waals surface area contributed by atoms with Gasteiger partial charge in [-0.2, -0.15) is 0 Å². The summed E-state index contributed by atoms with van der Waals surface area (Å²) in [5.74, 6) is 2.39. The number of hydrogen-bond acceptors (Lipinski definition) is 8. The van der Waals surface area contributed by atoms with Crippen molar-refractivity contribution in [2.75, 3.05) is 79.9 Å². The van der Waals surface area contributed by atoms with Gasteiger partial charge in [0.15, 0.2) is 0 Å². The molecule has 0 aromatic heterocycles. The number of fused-ring (bicyclic) bond motifs is 4. The van der Waals surface area contributed by atoms with Gasteiger partial charge in [0, 0.05) is 102 Å². The number of methoxy groups -OCH3 is 2. The molecule has 12 heteroatoms. The highest BCUT2D eigenvalue weighted by Gasteiger charge is 2.54. The molecule has 4 bridgehead atoms. The molecule has 4 saturated heterocycles. The van der Waals surface area contributed by atoms with Crippen molar-refractivity contribution < 1.29 is 28.5 Å². The van der Waals surface area contributed by atoms with Crippen LogP contribution in [0.15, 0.2) is 48.5 Å². The number of halogens is 2. The smallest absolute Gasteiger partial charge is 0.248 e. The molecule has 2 amide bonds. The zero-order valence-corrected chi connectivity index (χ0v) is 33.8. The largest absolute Gasteiger partial charge is 0.381 e. The van der Waals surface area contributed by atoms with Crippen LogP contribution in [0.5, 0.6) is 0 Å². The van der Waals surface area contributed by atoms with E-state index in [0.717, 1.165) is 76.8 Å². The van der Waals surface area contributed by atoms with Crippen molar-refractivity contribution in [1.29, 1.82) is 0 Å². The summed E-state index contributed by atoms with van der Waals surface area (Å²) >= 11 is 0. The summed E-state index contributed by atoms with van der Waals surface area (Å²) < 4.78 is 23.7. The van der Waals surface area contributed by atoms with E-state index >= 15 is 0 Å². The molecule has 4 heterocycles. The van der Waals surface area contributed by atoms with Crippen LogP contribution in [-0.2, 0) is 30.1 Å². The number of likely N-dealkylation sites (tertiary alicyclic amines) is 2. The van der Waals surface area contributed by atoms with Gasteiger partial charge in [0.2, 0.25) is 11.8 Å². The van der Waals surface area contributed by atoms with Crippen molar-refractivity contribution in [3.63, 3.8) is 0 Å². The fourth-order valence-corrected chi connectivity index (χ4v) is 11.2. The second-order valence-corrected chi connectivity index (χ2v) is 16.4. The Hall–Kier alpha value is -2.28. The number of rotatable bonds is 10. The van der Waals surface area contributed by atoms with E-state index in [9.17, 15) is 9.59 Å². The van der Waals surface area contributed by atoms with Crippen molar-refractivity contribution in [3.05, 3.63) is 70.8 Å². The second kappa shape index (κ2) is 18.8. The van der Waals surface area contributed by atoms with Gasteiger partial charge in [-0.3, -0.25) is 9.59 Å². The first kappa shape index (κ1) is 42.9. The van der Waals surface area contributed by atoms with E-state index in [4.69, 9.17) is 30.4 Å². The van der Waals surface area contributed by atoms with Crippen LogP contribution in [0.1, 0.15) is 83.2 Å². The summed E-state index contributed by atoms with van der Waals surface area (Å²) in [7, 11) is 3.67. The van der Waals surface area contributed by atoms with Gasteiger partial charge in [0.25, 0.3) is 0 Å². The molecule has 54 heavy (non-hydrogen) atoms. The zero-order valence-electron chi connectivity index (χ0n) is 32.1. The van der Waals surface area contributed by atoms with Crippen molar-refractivity contribution in [1.82, 2.24) is 9.80 Å². The summed E-state index contributed by atoms with van der Waals surface area (Å²) in [4.78, 5) is 28.6. The molecule has 6 atom stereocenters. The number of carbonyl (C=O) groups is 2. The van der Waals surface area contributed by atoms with Crippen molar-refractivity contribution in [2.45, 2.75) is 62.6 Å². The minimum atomic E-state index is -0.373. The Kier molecular flexibility index (Phi) is 14.9. The number of carbonyl (C=O) groups excluding carboxylic acids is 2. The Morgan fingerprint density at radius 3 is 1.31 bits per heavy atom. The summed E-state index contributed by atoms with van der Waals surface area (Å²) in [5.41, 5.74) is 13.8. The van der Waals surface area contributed by atoms with Gasteiger partial charge in [-0.25, -0.2) is 0 Å². The predicted octanol–water partition coefficient (Wildman–Crippen LogP) is 5.63. The Labute approximate surface area is 334 Å². The maximum absolute atomic E-state index is 11.7. The van der Waals surface area contributed by atoms with Gasteiger partial charge in [0.1, 0.15) is 11.2 Å². The SMILES string of the molecule is COC1(c2cccc(C(N)=O)c2)C2CCCC1CN(CC1CCOC1)C2.COC1(c2cccc(C(N)=O)c2)C2CCCC1CN(C[C@@H]1CCOC1)C2.Cl.Cl. The molecule has 2 saturated carbocycles. The van der Waals surface area contributed by atoms with Crippen LogP contribution in [-0.4, -0.2) is 102 Å². The first-order chi connectivity index (χ1) is 25.3. The Balaban J connectivity index is 0.000000200. The summed E-state index contributed by atoms with van der Waals surface area (Å²) in [6.45, 7) is 10.1. The van der Waals surface area contributed by atoms with E-state index in [2.05, 4.69) is 21.9 Å². The van der Waals surface area contributed by atoms with Gasteiger partial charge < -0.3 is 40.2 Å². The first-order valence-electron chi connectivity index (χ1n) is 19.8. The van der Waals surface area contributed by atoms with Crippen molar-refractivity contribution in [3.8, 4) is 0 Å². The van der Waals surface area contributed by atoms with E-state index < -0.39 is 0 Å². The Morgan fingerprint density at radius 2 is 1.02 bits per heavy atom. The molecule has 5 unspecified atom stereocenters. The number of benzene rings is 2. The van der Waals surface area contributed by atoms with Gasteiger partial charge in [-0.15, -0.1) is 24.8 Å². The van der Waals surface area contributed by atoms with Crippen LogP contribution >= 0.6 is 24.8 Å².